The molecule has 0 aromatic heterocycles. The minimum atomic E-state index is -0.187. The molecule has 0 radical (unpaired) electrons. The number of hydrogen-bond donors (Lipinski definition) is 1. The predicted octanol–water partition coefficient (Wildman–Crippen LogP) is 4.07. The van der Waals surface area contributed by atoms with Crippen LogP contribution in [0.2, 0.25) is 0 Å². The van der Waals surface area contributed by atoms with E-state index in [-0.39, 0.29) is 18.0 Å². The molecule has 0 saturated carbocycles. The third-order valence-electron chi connectivity index (χ3n) is 3.15. The molecule has 0 saturated heterocycles. The van der Waals surface area contributed by atoms with Crippen molar-refractivity contribution in [1.82, 2.24) is 5.32 Å². The fraction of sp³-hybridized carbons (Fsp3) is 0.625. The summed E-state index contributed by atoms with van der Waals surface area (Å²) in [5, 5.41) is 3.49. The van der Waals surface area contributed by atoms with E-state index < -0.39 is 0 Å². The van der Waals surface area contributed by atoms with Crippen LogP contribution in [0.4, 0.5) is 4.39 Å². The topological polar surface area (TPSA) is 21.3 Å². The quantitative estimate of drug-likeness (QED) is 0.728. The highest BCUT2D eigenvalue weighted by Crippen LogP contribution is 2.23. The van der Waals surface area contributed by atoms with E-state index in [2.05, 4.69) is 19.2 Å². The van der Waals surface area contributed by atoms with Gasteiger partial charge < -0.3 is 10.1 Å². The molecule has 2 unspecified atom stereocenters. The Morgan fingerprint density at radius 3 is 2.58 bits per heavy atom. The van der Waals surface area contributed by atoms with Gasteiger partial charge in [-0.1, -0.05) is 32.4 Å². The number of hydrogen-bond acceptors (Lipinski definition) is 2. The lowest BCUT2D eigenvalue weighted by Gasteiger charge is -2.28. The molecule has 0 aliphatic carbocycles. The Bertz CT molecular complexity index is 350. The third kappa shape index (κ3) is 5.29. The monoisotopic (exact) mass is 267 g/mol. The first-order valence-electron chi connectivity index (χ1n) is 7.33. The van der Waals surface area contributed by atoms with Gasteiger partial charge in [-0.2, -0.15) is 0 Å². The normalized spacial score (nSPS) is 14.3. The third-order valence-corrected chi connectivity index (χ3v) is 3.15. The van der Waals surface area contributed by atoms with Gasteiger partial charge in [0.15, 0.2) is 0 Å². The van der Waals surface area contributed by atoms with E-state index in [4.69, 9.17) is 4.74 Å². The lowest BCUT2D eigenvalue weighted by atomic mass is 9.97. The standard InChI is InChI=1S/C16H26FNO/c1-4-8-15(19-6-3)16(18-11-5-2)13-9-7-10-14(17)12-13/h7,9-10,12,15-16,18H,4-6,8,11H2,1-3H3. The van der Waals surface area contributed by atoms with E-state index in [1.807, 2.05) is 13.0 Å². The van der Waals surface area contributed by atoms with Crippen LogP contribution >= 0.6 is 0 Å². The van der Waals surface area contributed by atoms with Crippen LogP contribution < -0.4 is 5.32 Å². The maximum absolute atomic E-state index is 13.4. The highest BCUT2D eigenvalue weighted by Gasteiger charge is 2.22. The van der Waals surface area contributed by atoms with Gasteiger partial charge in [0, 0.05) is 6.61 Å². The fourth-order valence-electron chi connectivity index (χ4n) is 2.31. The summed E-state index contributed by atoms with van der Waals surface area (Å²) in [6, 6.07) is 6.89. The van der Waals surface area contributed by atoms with Gasteiger partial charge >= 0.3 is 0 Å². The number of rotatable bonds is 9. The molecule has 3 heteroatoms. The summed E-state index contributed by atoms with van der Waals surface area (Å²) in [6.45, 7) is 7.88. The van der Waals surface area contributed by atoms with Crippen molar-refractivity contribution < 1.29 is 9.13 Å². The van der Waals surface area contributed by atoms with Crippen molar-refractivity contribution in [2.45, 2.75) is 52.2 Å². The molecule has 19 heavy (non-hydrogen) atoms. The molecule has 108 valence electrons. The summed E-state index contributed by atoms with van der Waals surface area (Å²) in [4.78, 5) is 0. The average molecular weight is 267 g/mol. The summed E-state index contributed by atoms with van der Waals surface area (Å²) in [6.07, 6.45) is 3.19. The fourth-order valence-corrected chi connectivity index (χ4v) is 2.31. The second-order valence-electron chi connectivity index (χ2n) is 4.77. The number of nitrogens with one attached hydrogen (secondary N) is 1. The molecule has 0 amide bonds. The van der Waals surface area contributed by atoms with Crippen molar-refractivity contribution in [3.8, 4) is 0 Å². The van der Waals surface area contributed by atoms with E-state index in [1.165, 1.54) is 6.07 Å². The van der Waals surface area contributed by atoms with Crippen molar-refractivity contribution in [3.05, 3.63) is 35.6 Å². The van der Waals surface area contributed by atoms with Crippen LogP contribution in [0.1, 0.15) is 51.6 Å². The molecule has 0 fully saturated rings. The van der Waals surface area contributed by atoms with Gasteiger partial charge in [0.25, 0.3) is 0 Å². The number of ether oxygens (including phenoxy) is 1. The van der Waals surface area contributed by atoms with E-state index >= 15 is 0 Å². The van der Waals surface area contributed by atoms with Crippen LogP contribution in [0.3, 0.4) is 0 Å². The van der Waals surface area contributed by atoms with Gasteiger partial charge in [0.05, 0.1) is 12.1 Å². The molecule has 1 aromatic carbocycles. The average Bonchev–Trinajstić information content (AvgIpc) is 2.40. The Kier molecular flexibility index (Phi) is 7.68. The highest BCUT2D eigenvalue weighted by atomic mass is 19.1. The van der Waals surface area contributed by atoms with Gasteiger partial charge in [-0.05, 0) is 44.0 Å². The molecule has 0 bridgehead atoms. The van der Waals surface area contributed by atoms with Gasteiger partial charge in [0.1, 0.15) is 5.82 Å². The number of benzene rings is 1. The van der Waals surface area contributed by atoms with Crippen LogP contribution in [0.15, 0.2) is 24.3 Å². The van der Waals surface area contributed by atoms with Gasteiger partial charge in [-0.15, -0.1) is 0 Å². The minimum Gasteiger partial charge on any atom is -0.377 e. The Labute approximate surface area is 116 Å². The molecular formula is C16H26FNO. The first-order valence-corrected chi connectivity index (χ1v) is 7.33. The summed E-state index contributed by atoms with van der Waals surface area (Å²) >= 11 is 0. The van der Waals surface area contributed by atoms with E-state index in [0.717, 1.165) is 31.4 Å². The zero-order chi connectivity index (χ0) is 14.1. The van der Waals surface area contributed by atoms with Gasteiger partial charge in [0.2, 0.25) is 0 Å². The summed E-state index contributed by atoms with van der Waals surface area (Å²) in [5.41, 5.74) is 0.973. The second kappa shape index (κ2) is 9.05. The number of halogens is 1. The molecule has 0 aliphatic rings. The molecule has 1 aromatic rings. The van der Waals surface area contributed by atoms with Crippen LogP contribution in [0, 0.1) is 5.82 Å². The summed E-state index contributed by atoms with van der Waals surface area (Å²) < 4.78 is 19.3. The van der Waals surface area contributed by atoms with Crippen LogP contribution in [-0.2, 0) is 4.74 Å². The SMILES string of the molecule is CCCNC(c1cccc(F)c1)C(CCC)OCC. The van der Waals surface area contributed by atoms with Gasteiger partial charge in [-0.25, -0.2) is 4.39 Å². The van der Waals surface area contributed by atoms with Crippen molar-refractivity contribution in [1.29, 1.82) is 0 Å². The highest BCUT2D eigenvalue weighted by molar-refractivity contribution is 5.21. The van der Waals surface area contributed by atoms with Crippen LogP contribution in [0.5, 0.6) is 0 Å². The first-order chi connectivity index (χ1) is 9.22. The Hall–Kier alpha value is -0.930. The molecular weight excluding hydrogens is 241 g/mol. The van der Waals surface area contributed by atoms with E-state index in [9.17, 15) is 4.39 Å². The molecule has 2 nitrogen and oxygen atoms in total. The lowest BCUT2D eigenvalue weighted by molar-refractivity contribution is 0.0275. The Morgan fingerprint density at radius 1 is 1.21 bits per heavy atom. The molecule has 0 spiro atoms. The first kappa shape index (κ1) is 16.1. The Balaban J connectivity index is 2.90. The van der Waals surface area contributed by atoms with Crippen molar-refractivity contribution in [2.75, 3.05) is 13.2 Å². The van der Waals surface area contributed by atoms with E-state index in [1.54, 1.807) is 12.1 Å². The molecule has 1 N–H and O–H groups in total. The van der Waals surface area contributed by atoms with Crippen molar-refractivity contribution >= 4 is 0 Å². The predicted molar refractivity (Wildman–Crippen MR) is 77.8 cm³/mol. The van der Waals surface area contributed by atoms with E-state index in [0.29, 0.717) is 6.61 Å². The maximum Gasteiger partial charge on any atom is 0.123 e. The molecule has 0 heterocycles. The molecule has 2 atom stereocenters. The van der Waals surface area contributed by atoms with Gasteiger partial charge in [-0.3, -0.25) is 0 Å². The van der Waals surface area contributed by atoms with Crippen LogP contribution in [0.25, 0.3) is 0 Å². The minimum absolute atomic E-state index is 0.0653. The lowest BCUT2D eigenvalue weighted by Crippen LogP contribution is -2.34. The van der Waals surface area contributed by atoms with Crippen molar-refractivity contribution in [3.63, 3.8) is 0 Å². The molecule has 1 rings (SSSR count). The van der Waals surface area contributed by atoms with Crippen LogP contribution in [-0.4, -0.2) is 19.3 Å². The largest absolute Gasteiger partial charge is 0.377 e. The Morgan fingerprint density at radius 2 is 2.00 bits per heavy atom. The van der Waals surface area contributed by atoms with Crippen molar-refractivity contribution in [2.24, 2.45) is 0 Å². The summed E-state index contributed by atoms with van der Waals surface area (Å²) in [5.74, 6) is -0.187. The zero-order valence-electron chi connectivity index (χ0n) is 12.3. The zero-order valence-corrected chi connectivity index (χ0v) is 12.3. The molecule has 0 aliphatic heterocycles. The second-order valence-corrected chi connectivity index (χ2v) is 4.77. The maximum atomic E-state index is 13.4. The smallest absolute Gasteiger partial charge is 0.123 e. The summed E-state index contributed by atoms with van der Waals surface area (Å²) in [7, 11) is 0.